The topological polar surface area (TPSA) is 78.8 Å². The van der Waals surface area contributed by atoms with Crippen LogP contribution in [-0.4, -0.2) is 85.6 Å². The monoisotopic (exact) mass is 285 g/mol. The summed E-state index contributed by atoms with van der Waals surface area (Å²) in [6.07, 6.45) is 0.611. The van der Waals surface area contributed by atoms with Gasteiger partial charge in [0, 0.05) is 45.3 Å². The second-order valence-electron chi connectivity index (χ2n) is 6.52. The molecule has 0 bridgehead atoms. The van der Waals surface area contributed by atoms with Crippen molar-refractivity contribution in [3.8, 4) is 0 Å². The van der Waals surface area contributed by atoms with Crippen LogP contribution in [0.25, 0.3) is 0 Å². The van der Waals surface area contributed by atoms with Gasteiger partial charge < -0.3 is 16.4 Å². The standard InChI is InChI=1S/C14H31N5O/c1-12(11-14(2,16)13(15)20)19-9-7-18(8-10-19)6-5-17(3)4/h12H,5-11,16H2,1-4H3,(H2,15,20). The molecule has 1 rings (SSSR count). The lowest BCUT2D eigenvalue weighted by Gasteiger charge is -2.40. The number of nitrogens with two attached hydrogens (primary N) is 2. The maximum absolute atomic E-state index is 11.3. The van der Waals surface area contributed by atoms with Crippen molar-refractivity contribution in [2.75, 3.05) is 53.4 Å². The van der Waals surface area contributed by atoms with Crippen LogP contribution in [-0.2, 0) is 4.79 Å². The fourth-order valence-corrected chi connectivity index (χ4v) is 2.61. The van der Waals surface area contributed by atoms with Crippen molar-refractivity contribution in [1.29, 1.82) is 0 Å². The number of amides is 1. The summed E-state index contributed by atoms with van der Waals surface area (Å²) in [6, 6.07) is 0.286. The summed E-state index contributed by atoms with van der Waals surface area (Å²) in [5.74, 6) is -0.422. The summed E-state index contributed by atoms with van der Waals surface area (Å²) < 4.78 is 0. The van der Waals surface area contributed by atoms with Gasteiger partial charge in [0.1, 0.15) is 0 Å². The van der Waals surface area contributed by atoms with Crippen molar-refractivity contribution in [2.45, 2.75) is 31.8 Å². The molecule has 2 unspecified atom stereocenters. The van der Waals surface area contributed by atoms with Crippen LogP contribution in [0.2, 0.25) is 0 Å². The zero-order valence-corrected chi connectivity index (χ0v) is 13.4. The van der Waals surface area contributed by atoms with Gasteiger partial charge in [0.15, 0.2) is 0 Å². The maximum atomic E-state index is 11.3. The number of likely N-dealkylation sites (N-methyl/N-ethyl adjacent to an activating group) is 1. The normalized spacial score (nSPS) is 22.7. The van der Waals surface area contributed by atoms with E-state index in [2.05, 4.69) is 35.7 Å². The van der Waals surface area contributed by atoms with Crippen LogP contribution in [0.5, 0.6) is 0 Å². The lowest BCUT2D eigenvalue weighted by Crippen LogP contribution is -2.56. The van der Waals surface area contributed by atoms with E-state index < -0.39 is 11.4 Å². The first-order chi connectivity index (χ1) is 9.22. The lowest BCUT2D eigenvalue weighted by atomic mass is 9.93. The molecule has 0 aromatic rings. The van der Waals surface area contributed by atoms with Crippen LogP contribution in [0.15, 0.2) is 0 Å². The second kappa shape index (κ2) is 7.36. The molecule has 118 valence electrons. The molecule has 20 heavy (non-hydrogen) atoms. The quantitative estimate of drug-likeness (QED) is 0.637. The highest BCUT2D eigenvalue weighted by Gasteiger charge is 2.31. The summed E-state index contributed by atoms with van der Waals surface area (Å²) in [5, 5.41) is 0. The first kappa shape index (κ1) is 17.4. The first-order valence-electron chi connectivity index (χ1n) is 7.42. The average molecular weight is 285 g/mol. The van der Waals surface area contributed by atoms with Gasteiger partial charge in [-0.3, -0.25) is 14.6 Å². The third-order valence-electron chi connectivity index (χ3n) is 4.18. The van der Waals surface area contributed by atoms with E-state index in [0.717, 1.165) is 39.3 Å². The van der Waals surface area contributed by atoms with Gasteiger partial charge in [-0.05, 0) is 34.4 Å². The number of carbonyl (C=O) groups excluding carboxylic acids is 1. The summed E-state index contributed by atoms with van der Waals surface area (Å²) >= 11 is 0. The Hall–Kier alpha value is -0.690. The molecular formula is C14H31N5O. The zero-order chi connectivity index (χ0) is 15.3. The Morgan fingerprint density at radius 3 is 2.30 bits per heavy atom. The van der Waals surface area contributed by atoms with E-state index in [9.17, 15) is 4.79 Å². The highest BCUT2D eigenvalue weighted by molar-refractivity contribution is 5.83. The molecule has 1 amide bonds. The number of rotatable bonds is 7. The number of nitrogens with zero attached hydrogens (tertiary/aromatic N) is 3. The second-order valence-corrected chi connectivity index (χ2v) is 6.52. The Labute approximate surface area is 123 Å². The van der Waals surface area contributed by atoms with E-state index in [-0.39, 0.29) is 6.04 Å². The Bertz CT molecular complexity index is 311. The first-order valence-corrected chi connectivity index (χ1v) is 7.42. The van der Waals surface area contributed by atoms with Gasteiger partial charge in [0.05, 0.1) is 5.54 Å². The molecule has 0 aromatic carbocycles. The van der Waals surface area contributed by atoms with E-state index in [1.165, 1.54) is 0 Å². The summed E-state index contributed by atoms with van der Waals surface area (Å²) in [6.45, 7) is 10.3. The molecule has 1 aliphatic rings. The minimum atomic E-state index is -0.915. The van der Waals surface area contributed by atoms with Gasteiger partial charge in [0.25, 0.3) is 0 Å². The van der Waals surface area contributed by atoms with Crippen LogP contribution in [0.4, 0.5) is 0 Å². The number of primary amides is 1. The molecule has 0 saturated carbocycles. The van der Waals surface area contributed by atoms with Crippen molar-refractivity contribution >= 4 is 5.91 Å². The van der Waals surface area contributed by atoms with Crippen LogP contribution in [0.1, 0.15) is 20.3 Å². The van der Waals surface area contributed by atoms with Gasteiger partial charge in [-0.2, -0.15) is 0 Å². The number of carbonyl (C=O) groups is 1. The smallest absolute Gasteiger partial charge is 0.237 e. The molecule has 1 fully saturated rings. The number of hydrogen-bond acceptors (Lipinski definition) is 5. The zero-order valence-electron chi connectivity index (χ0n) is 13.4. The summed E-state index contributed by atoms with van der Waals surface area (Å²) in [4.78, 5) is 18.4. The lowest BCUT2D eigenvalue weighted by molar-refractivity contribution is -0.123. The summed E-state index contributed by atoms with van der Waals surface area (Å²) in [5.41, 5.74) is 10.4. The SMILES string of the molecule is CC(CC(C)(N)C(N)=O)N1CCN(CCN(C)C)CC1. The molecule has 0 spiro atoms. The Kier molecular flexibility index (Phi) is 6.39. The molecule has 0 aliphatic carbocycles. The Balaban J connectivity index is 2.35. The number of piperazine rings is 1. The predicted molar refractivity (Wildman–Crippen MR) is 82.4 cm³/mol. The fraction of sp³-hybridized carbons (Fsp3) is 0.929. The average Bonchev–Trinajstić information content (AvgIpc) is 2.36. The molecule has 6 nitrogen and oxygen atoms in total. The molecule has 1 heterocycles. The van der Waals surface area contributed by atoms with Crippen LogP contribution in [0.3, 0.4) is 0 Å². The van der Waals surface area contributed by atoms with Gasteiger partial charge >= 0.3 is 0 Å². The third kappa shape index (κ3) is 5.36. The summed E-state index contributed by atoms with van der Waals surface area (Å²) in [7, 11) is 4.20. The minimum Gasteiger partial charge on any atom is -0.368 e. The van der Waals surface area contributed by atoms with E-state index in [4.69, 9.17) is 11.5 Å². The Morgan fingerprint density at radius 1 is 1.30 bits per heavy atom. The molecular weight excluding hydrogens is 254 g/mol. The minimum absolute atomic E-state index is 0.286. The molecule has 1 saturated heterocycles. The van der Waals surface area contributed by atoms with Crippen molar-refractivity contribution < 1.29 is 4.79 Å². The highest BCUT2D eigenvalue weighted by atomic mass is 16.1. The van der Waals surface area contributed by atoms with Gasteiger partial charge in [0.2, 0.25) is 5.91 Å². The van der Waals surface area contributed by atoms with Crippen molar-refractivity contribution in [2.24, 2.45) is 11.5 Å². The van der Waals surface area contributed by atoms with E-state index >= 15 is 0 Å². The van der Waals surface area contributed by atoms with Crippen LogP contribution in [0, 0.1) is 0 Å². The van der Waals surface area contributed by atoms with E-state index in [1.807, 2.05) is 0 Å². The van der Waals surface area contributed by atoms with Crippen molar-refractivity contribution in [1.82, 2.24) is 14.7 Å². The molecule has 0 aromatic heterocycles. The van der Waals surface area contributed by atoms with Gasteiger partial charge in [-0.25, -0.2) is 0 Å². The van der Waals surface area contributed by atoms with Gasteiger partial charge in [-0.15, -0.1) is 0 Å². The molecule has 0 radical (unpaired) electrons. The largest absolute Gasteiger partial charge is 0.368 e. The highest BCUT2D eigenvalue weighted by Crippen LogP contribution is 2.15. The molecule has 6 heteroatoms. The van der Waals surface area contributed by atoms with Crippen molar-refractivity contribution in [3.63, 3.8) is 0 Å². The maximum Gasteiger partial charge on any atom is 0.237 e. The van der Waals surface area contributed by atoms with Crippen LogP contribution < -0.4 is 11.5 Å². The van der Waals surface area contributed by atoms with Crippen molar-refractivity contribution in [3.05, 3.63) is 0 Å². The predicted octanol–water partition coefficient (Wildman–Crippen LogP) is -0.853. The van der Waals surface area contributed by atoms with Crippen LogP contribution >= 0.6 is 0 Å². The van der Waals surface area contributed by atoms with E-state index in [1.54, 1.807) is 6.92 Å². The third-order valence-corrected chi connectivity index (χ3v) is 4.18. The molecule has 2 atom stereocenters. The van der Waals surface area contributed by atoms with Gasteiger partial charge in [-0.1, -0.05) is 0 Å². The number of hydrogen-bond donors (Lipinski definition) is 2. The fourth-order valence-electron chi connectivity index (χ4n) is 2.61. The Morgan fingerprint density at radius 2 is 1.85 bits per heavy atom. The molecule has 1 aliphatic heterocycles. The molecule has 4 N–H and O–H groups in total. The van der Waals surface area contributed by atoms with E-state index in [0.29, 0.717) is 6.42 Å².